The van der Waals surface area contributed by atoms with Crippen LogP contribution in [0.4, 0.5) is 10.1 Å². The SMILES string of the molecule is Cc1c(C(=O)NC2CC2)nn(-c2ccc(F)cc2)c1Oc1ccc([N+](=O)[O-])cc1S(=O)(=O)NC(C)(C)C. The van der Waals surface area contributed by atoms with Gasteiger partial charge in [0.15, 0.2) is 5.69 Å². The number of nitro benzene ring substituents is 1. The second-order valence-corrected chi connectivity index (χ2v) is 11.4. The highest BCUT2D eigenvalue weighted by Crippen LogP contribution is 2.36. The predicted molar refractivity (Wildman–Crippen MR) is 132 cm³/mol. The Labute approximate surface area is 212 Å². The molecule has 1 heterocycles. The lowest BCUT2D eigenvalue weighted by atomic mass is 10.1. The average molecular weight is 532 g/mol. The van der Waals surface area contributed by atoms with Gasteiger partial charge in [-0.25, -0.2) is 17.5 Å². The summed E-state index contributed by atoms with van der Waals surface area (Å²) in [5.41, 5.74) is -0.641. The second kappa shape index (κ2) is 9.56. The highest BCUT2D eigenvalue weighted by atomic mass is 32.2. The maximum absolute atomic E-state index is 13.6. The highest BCUT2D eigenvalue weighted by Gasteiger charge is 2.31. The van der Waals surface area contributed by atoms with Crippen molar-refractivity contribution in [3.8, 4) is 17.3 Å². The van der Waals surface area contributed by atoms with Gasteiger partial charge in [-0.15, -0.1) is 0 Å². The maximum atomic E-state index is 13.6. The lowest BCUT2D eigenvalue weighted by molar-refractivity contribution is -0.385. The van der Waals surface area contributed by atoms with Crippen LogP contribution in [0.5, 0.6) is 11.6 Å². The predicted octanol–water partition coefficient (Wildman–Crippen LogP) is 3.99. The molecule has 1 amide bonds. The highest BCUT2D eigenvalue weighted by molar-refractivity contribution is 7.89. The molecule has 0 bridgehead atoms. The van der Waals surface area contributed by atoms with Crippen LogP contribution in [0.25, 0.3) is 5.69 Å². The Bertz CT molecular complexity index is 1470. The molecule has 1 saturated carbocycles. The van der Waals surface area contributed by atoms with E-state index in [-0.39, 0.29) is 23.4 Å². The maximum Gasteiger partial charge on any atom is 0.272 e. The number of aromatic nitrogens is 2. The average Bonchev–Trinajstić information content (AvgIpc) is 3.55. The molecule has 2 aromatic carbocycles. The summed E-state index contributed by atoms with van der Waals surface area (Å²) in [6, 6.07) is 8.49. The van der Waals surface area contributed by atoms with Gasteiger partial charge in [0.2, 0.25) is 15.9 Å². The molecule has 1 aromatic heterocycles. The molecule has 37 heavy (non-hydrogen) atoms. The number of non-ortho nitro benzene ring substituents is 1. The third kappa shape index (κ3) is 5.94. The zero-order chi connectivity index (χ0) is 27.1. The van der Waals surface area contributed by atoms with Gasteiger partial charge in [-0.3, -0.25) is 14.9 Å². The van der Waals surface area contributed by atoms with Gasteiger partial charge < -0.3 is 10.1 Å². The molecule has 13 heteroatoms. The van der Waals surface area contributed by atoms with Gasteiger partial charge in [0.1, 0.15) is 16.5 Å². The number of rotatable bonds is 8. The first-order valence-corrected chi connectivity index (χ1v) is 12.9. The monoisotopic (exact) mass is 531 g/mol. The van der Waals surface area contributed by atoms with E-state index in [1.165, 1.54) is 35.0 Å². The van der Waals surface area contributed by atoms with Crippen LogP contribution in [0, 0.1) is 22.9 Å². The van der Waals surface area contributed by atoms with E-state index in [0.29, 0.717) is 11.3 Å². The minimum Gasteiger partial charge on any atom is -0.437 e. The van der Waals surface area contributed by atoms with E-state index in [1.54, 1.807) is 27.7 Å². The summed E-state index contributed by atoms with van der Waals surface area (Å²) in [7, 11) is -4.28. The smallest absolute Gasteiger partial charge is 0.272 e. The van der Waals surface area contributed by atoms with E-state index in [1.807, 2.05) is 0 Å². The van der Waals surface area contributed by atoms with Gasteiger partial charge in [-0.05, 0) is 70.9 Å². The van der Waals surface area contributed by atoms with Crippen LogP contribution in [-0.4, -0.2) is 40.6 Å². The Kier molecular flexibility index (Phi) is 6.78. The van der Waals surface area contributed by atoms with E-state index in [9.17, 15) is 27.7 Å². The first kappa shape index (κ1) is 26.2. The summed E-state index contributed by atoms with van der Waals surface area (Å²) in [6.45, 7) is 6.46. The molecule has 2 N–H and O–H groups in total. The Morgan fingerprint density at radius 1 is 1.19 bits per heavy atom. The van der Waals surface area contributed by atoms with Crippen LogP contribution >= 0.6 is 0 Å². The largest absolute Gasteiger partial charge is 0.437 e. The number of carbonyl (C=O) groups excluding carboxylic acids is 1. The zero-order valence-electron chi connectivity index (χ0n) is 20.6. The van der Waals surface area contributed by atoms with Crippen molar-refractivity contribution in [1.82, 2.24) is 19.8 Å². The molecule has 0 radical (unpaired) electrons. The van der Waals surface area contributed by atoms with Crippen LogP contribution < -0.4 is 14.8 Å². The van der Waals surface area contributed by atoms with Crippen LogP contribution in [0.1, 0.15) is 49.7 Å². The molecule has 1 fully saturated rings. The summed E-state index contributed by atoms with van der Waals surface area (Å²) in [4.78, 5) is 23.0. The third-order valence-electron chi connectivity index (χ3n) is 5.34. The number of carbonyl (C=O) groups is 1. The van der Waals surface area contributed by atoms with Crippen molar-refractivity contribution in [1.29, 1.82) is 0 Å². The number of nitrogens with one attached hydrogen (secondary N) is 2. The lowest BCUT2D eigenvalue weighted by Crippen LogP contribution is -2.40. The fourth-order valence-electron chi connectivity index (χ4n) is 3.52. The molecule has 196 valence electrons. The minimum atomic E-state index is -4.28. The molecule has 11 nitrogen and oxygen atoms in total. The Morgan fingerprint density at radius 3 is 2.41 bits per heavy atom. The van der Waals surface area contributed by atoms with Crippen LogP contribution in [0.3, 0.4) is 0 Å². The molecule has 0 spiro atoms. The molecule has 0 atom stereocenters. The van der Waals surface area contributed by atoms with Gasteiger partial charge in [0.25, 0.3) is 11.6 Å². The van der Waals surface area contributed by atoms with Crippen LogP contribution in [-0.2, 0) is 10.0 Å². The molecule has 0 saturated heterocycles. The lowest BCUT2D eigenvalue weighted by Gasteiger charge is -2.21. The normalized spacial score (nSPS) is 13.9. The summed E-state index contributed by atoms with van der Waals surface area (Å²) < 4.78 is 49.8. The Morgan fingerprint density at radius 2 is 1.84 bits per heavy atom. The van der Waals surface area contributed by atoms with Gasteiger partial charge in [0.05, 0.1) is 10.6 Å². The van der Waals surface area contributed by atoms with Crippen LogP contribution in [0.15, 0.2) is 47.4 Å². The molecule has 3 aromatic rings. The first-order valence-electron chi connectivity index (χ1n) is 11.4. The Balaban J connectivity index is 1.85. The summed E-state index contributed by atoms with van der Waals surface area (Å²) in [6.07, 6.45) is 1.72. The second-order valence-electron chi connectivity index (χ2n) is 9.76. The van der Waals surface area contributed by atoms with Crippen molar-refractivity contribution < 1.29 is 27.3 Å². The van der Waals surface area contributed by atoms with Crippen molar-refractivity contribution in [2.45, 2.75) is 57.0 Å². The number of halogens is 1. The van der Waals surface area contributed by atoms with Crippen molar-refractivity contribution in [3.05, 3.63) is 69.7 Å². The fraction of sp³-hybridized carbons (Fsp3) is 0.333. The standard InChI is InChI=1S/C24H26FN5O6S/c1-14-21(22(31)26-16-7-8-16)27-29(17-9-5-15(25)6-10-17)23(14)36-19-12-11-18(30(32)33)13-20(19)37(34,35)28-24(2,3)4/h5-6,9-13,16,28H,7-8H2,1-4H3,(H,26,31). The summed E-state index contributed by atoms with van der Waals surface area (Å²) in [5, 5.41) is 18.6. The Hall–Kier alpha value is -3.84. The number of ether oxygens (including phenoxy) is 1. The number of hydrogen-bond acceptors (Lipinski definition) is 7. The molecule has 0 unspecified atom stereocenters. The number of hydrogen-bond donors (Lipinski definition) is 2. The molecule has 4 rings (SSSR count). The van der Waals surface area contributed by atoms with Gasteiger partial charge in [-0.2, -0.15) is 9.78 Å². The first-order chi connectivity index (χ1) is 17.2. The van der Waals surface area contributed by atoms with E-state index >= 15 is 0 Å². The van der Waals surface area contributed by atoms with Gasteiger partial charge in [0, 0.05) is 29.3 Å². The summed E-state index contributed by atoms with van der Waals surface area (Å²) >= 11 is 0. The molecule has 1 aliphatic rings. The third-order valence-corrected chi connectivity index (χ3v) is 7.12. The number of sulfonamides is 1. The van der Waals surface area contributed by atoms with Crippen molar-refractivity contribution in [2.24, 2.45) is 0 Å². The van der Waals surface area contributed by atoms with Crippen molar-refractivity contribution in [3.63, 3.8) is 0 Å². The van der Waals surface area contributed by atoms with E-state index < -0.39 is 42.8 Å². The fourth-order valence-corrected chi connectivity index (χ4v) is 5.09. The van der Waals surface area contributed by atoms with Crippen LogP contribution in [0.2, 0.25) is 0 Å². The minimum absolute atomic E-state index is 0.00591. The number of nitrogens with zero attached hydrogens (tertiary/aromatic N) is 3. The van der Waals surface area contributed by atoms with E-state index in [4.69, 9.17) is 4.74 Å². The van der Waals surface area contributed by atoms with Gasteiger partial charge >= 0.3 is 0 Å². The quantitative estimate of drug-likeness (QED) is 0.330. The number of amides is 1. The van der Waals surface area contributed by atoms with Crippen molar-refractivity contribution >= 4 is 21.6 Å². The molecule has 1 aliphatic carbocycles. The zero-order valence-corrected chi connectivity index (χ0v) is 21.4. The van der Waals surface area contributed by atoms with Gasteiger partial charge in [-0.1, -0.05) is 0 Å². The number of benzene rings is 2. The molecule has 0 aliphatic heterocycles. The topological polar surface area (TPSA) is 145 Å². The van der Waals surface area contributed by atoms with Crippen molar-refractivity contribution in [2.75, 3.05) is 0 Å². The molecular formula is C24H26FN5O6S. The number of nitro groups is 1. The van der Waals surface area contributed by atoms with E-state index in [0.717, 1.165) is 25.0 Å². The van der Waals surface area contributed by atoms with E-state index in [2.05, 4.69) is 15.1 Å². The summed E-state index contributed by atoms with van der Waals surface area (Å²) in [5.74, 6) is -1.15. The molecular weight excluding hydrogens is 505 g/mol.